The molecule has 2 aromatic rings. The lowest BCUT2D eigenvalue weighted by Gasteiger charge is -2.33. The van der Waals surface area contributed by atoms with Crippen LogP contribution in [-0.2, 0) is 19.6 Å². The lowest BCUT2D eigenvalue weighted by atomic mass is 10.2. The summed E-state index contributed by atoms with van der Waals surface area (Å²) in [6.07, 6.45) is -0.391. The SMILES string of the molecule is Cc1cccc(N2CC(CNS(=O)(=O)c3cccs3)OCC2=O)c1. The summed E-state index contributed by atoms with van der Waals surface area (Å²) in [4.78, 5) is 13.7. The van der Waals surface area contributed by atoms with E-state index in [1.54, 1.807) is 22.4 Å². The maximum atomic E-state index is 12.2. The number of nitrogens with one attached hydrogen (secondary N) is 1. The van der Waals surface area contributed by atoms with Crippen LogP contribution in [0.2, 0.25) is 0 Å². The van der Waals surface area contributed by atoms with Gasteiger partial charge in [0, 0.05) is 12.2 Å². The van der Waals surface area contributed by atoms with Gasteiger partial charge < -0.3 is 9.64 Å². The third-order valence-electron chi connectivity index (χ3n) is 3.70. The Morgan fingerprint density at radius 1 is 1.33 bits per heavy atom. The molecule has 0 bridgehead atoms. The summed E-state index contributed by atoms with van der Waals surface area (Å²) in [5, 5.41) is 1.71. The van der Waals surface area contributed by atoms with Gasteiger partial charge in [-0.3, -0.25) is 4.79 Å². The van der Waals surface area contributed by atoms with E-state index in [1.165, 1.54) is 0 Å². The van der Waals surface area contributed by atoms with E-state index in [-0.39, 0.29) is 23.3 Å². The molecule has 1 aromatic carbocycles. The minimum Gasteiger partial charge on any atom is -0.365 e. The van der Waals surface area contributed by atoms with Crippen molar-refractivity contribution in [2.75, 3.05) is 24.6 Å². The minimum absolute atomic E-state index is 0.0562. The van der Waals surface area contributed by atoms with E-state index < -0.39 is 16.1 Å². The molecule has 128 valence electrons. The summed E-state index contributed by atoms with van der Waals surface area (Å²) in [7, 11) is -3.53. The van der Waals surface area contributed by atoms with Gasteiger partial charge in [-0.15, -0.1) is 11.3 Å². The predicted octanol–water partition coefficient (Wildman–Crippen LogP) is 1.77. The smallest absolute Gasteiger partial charge is 0.253 e. The Morgan fingerprint density at radius 3 is 2.88 bits per heavy atom. The summed E-state index contributed by atoms with van der Waals surface area (Å²) in [5.41, 5.74) is 1.86. The molecule has 8 heteroatoms. The first-order valence-electron chi connectivity index (χ1n) is 7.47. The van der Waals surface area contributed by atoms with Crippen molar-refractivity contribution in [3.8, 4) is 0 Å². The monoisotopic (exact) mass is 366 g/mol. The van der Waals surface area contributed by atoms with Gasteiger partial charge in [0.1, 0.15) is 10.8 Å². The van der Waals surface area contributed by atoms with E-state index in [0.29, 0.717) is 6.54 Å². The van der Waals surface area contributed by atoms with Crippen LogP contribution in [-0.4, -0.2) is 40.1 Å². The number of thiophene rings is 1. The van der Waals surface area contributed by atoms with Gasteiger partial charge >= 0.3 is 0 Å². The van der Waals surface area contributed by atoms with Gasteiger partial charge in [-0.25, -0.2) is 13.1 Å². The van der Waals surface area contributed by atoms with Crippen molar-refractivity contribution in [1.82, 2.24) is 4.72 Å². The molecule has 1 aliphatic rings. The maximum absolute atomic E-state index is 12.2. The summed E-state index contributed by atoms with van der Waals surface area (Å²) in [5.74, 6) is -0.127. The molecule has 1 fully saturated rings. The normalized spacial score (nSPS) is 18.8. The zero-order valence-electron chi connectivity index (χ0n) is 13.1. The van der Waals surface area contributed by atoms with Gasteiger partial charge in [0.15, 0.2) is 0 Å². The predicted molar refractivity (Wildman–Crippen MR) is 92.8 cm³/mol. The molecule has 3 rings (SSSR count). The topological polar surface area (TPSA) is 75.7 Å². The number of sulfonamides is 1. The zero-order valence-corrected chi connectivity index (χ0v) is 14.8. The van der Waals surface area contributed by atoms with E-state index in [0.717, 1.165) is 22.6 Å². The van der Waals surface area contributed by atoms with Gasteiger partial charge in [0.05, 0.1) is 12.6 Å². The van der Waals surface area contributed by atoms with E-state index in [4.69, 9.17) is 4.74 Å². The van der Waals surface area contributed by atoms with E-state index >= 15 is 0 Å². The molecule has 1 amide bonds. The highest BCUT2D eigenvalue weighted by Gasteiger charge is 2.28. The number of hydrogen-bond acceptors (Lipinski definition) is 5. The molecule has 1 aliphatic heterocycles. The second-order valence-electron chi connectivity index (χ2n) is 5.56. The van der Waals surface area contributed by atoms with Crippen LogP contribution in [0.15, 0.2) is 46.0 Å². The number of morpholine rings is 1. The van der Waals surface area contributed by atoms with Crippen molar-refractivity contribution in [3.05, 3.63) is 47.3 Å². The Bertz CT molecular complexity index is 818. The summed E-state index contributed by atoms with van der Waals surface area (Å²) >= 11 is 1.16. The maximum Gasteiger partial charge on any atom is 0.253 e. The van der Waals surface area contributed by atoms with E-state index in [2.05, 4.69) is 4.72 Å². The van der Waals surface area contributed by atoms with Crippen LogP contribution in [0.5, 0.6) is 0 Å². The van der Waals surface area contributed by atoms with Gasteiger partial charge in [-0.1, -0.05) is 18.2 Å². The molecule has 1 unspecified atom stereocenters. The highest BCUT2D eigenvalue weighted by Crippen LogP contribution is 2.20. The highest BCUT2D eigenvalue weighted by molar-refractivity contribution is 7.91. The molecular formula is C16H18N2O4S2. The van der Waals surface area contributed by atoms with Gasteiger partial charge in [-0.2, -0.15) is 0 Å². The largest absolute Gasteiger partial charge is 0.365 e. The Balaban J connectivity index is 1.67. The molecule has 1 aromatic heterocycles. The number of amides is 1. The summed E-state index contributed by atoms with van der Waals surface area (Å²) < 4.78 is 32.6. The number of benzene rings is 1. The fourth-order valence-corrected chi connectivity index (χ4v) is 4.59. The number of aryl methyl sites for hydroxylation is 1. The van der Waals surface area contributed by atoms with Crippen LogP contribution in [0.25, 0.3) is 0 Å². The van der Waals surface area contributed by atoms with Crippen LogP contribution >= 0.6 is 11.3 Å². The van der Waals surface area contributed by atoms with Crippen molar-refractivity contribution in [1.29, 1.82) is 0 Å². The lowest BCUT2D eigenvalue weighted by molar-refractivity contribution is -0.129. The van der Waals surface area contributed by atoms with Crippen molar-refractivity contribution in [2.24, 2.45) is 0 Å². The number of nitrogens with zero attached hydrogens (tertiary/aromatic N) is 1. The third kappa shape index (κ3) is 3.84. The number of carbonyl (C=O) groups excluding carboxylic acids is 1. The Morgan fingerprint density at radius 2 is 2.17 bits per heavy atom. The number of anilines is 1. The van der Waals surface area contributed by atoms with Crippen LogP contribution in [0.1, 0.15) is 5.56 Å². The Hall–Kier alpha value is -1.74. The van der Waals surface area contributed by atoms with Crippen molar-refractivity contribution in [3.63, 3.8) is 0 Å². The molecule has 1 N–H and O–H groups in total. The van der Waals surface area contributed by atoms with Gasteiger partial charge in [-0.05, 0) is 36.1 Å². The molecule has 24 heavy (non-hydrogen) atoms. The quantitative estimate of drug-likeness (QED) is 0.875. The molecule has 1 saturated heterocycles. The Kier molecular flexibility index (Phi) is 5.00. The van der Waals surface area contributed by atoms with Crippen molar-refractivity contribution in [2.45, 2.75) is 17.2 Å². The van der Waals surface area contributed by atoms with E-state index in [1.807, 2.05) is 31.2 Å². The first-order chi connectivity index (χ1) is 11.5. The number of carbonyl (C=O) groups is 1. The first kappa shape index (κ1) is 17.1. The summed E-state index contributed by atoms with van der Waals surface area (Å²) in [6, 6.07) is 10.9. The standard InChI is InChI=1S/C16H18N2O4S2/c1-12-4-2-5-13(8-12)18-10-14(22-11-15(18)19)9-17-24(20,21)16-6-3-7-23-16/h2-8,14,17H,9-11H2,1H3. The number of rotatable bonds is 5. The fourth-order valence-electron chi connectivity index (χ4n) is 2.48. The fraction of sp³-hybridized carbons (Fsp3) is 0.312. The van der Waals surface area contributed by atoms with E-state index in [9.17, 15) is 13.2 Å². The lowest BCUT2D eigenvalue weighted by Crippen LogP contribution is -2.50. The zero-order chi connectivity index (χ0) is 17.2. The minimum atomic E-state index is -3.53. The van der Waals surface area contributed by atoms with Gasteiger partial charge in [0.2, 0.25) is 10.0 Å². The van der Waals surface area contributed by atoms with Crippen LogP contribution in [0, 0.1) is 6.92 Å². The Labute approximate surface area is 145 Å². The molecule has 1 atom stereocenters. The average Bonchev–Trinajstić information content (AvgIpc) is 3.09. The second kappa shape index (κ2) is 7.02. The van der Waals surface area contributed by atoms with Gasteiger partial charge in [0.25, 0.3) is 5.91 Å². The molecule has 2 heterocycles. The van der Waals surface area contributed by atoms with Crippen LogP contribution < -0.4 is 9.62 Å². The average molecular weight is 366 g/mol. The highest BCUT2D eigenvalue weighted by atomic mass is 32.2. The molecule has 0 spiro atoms. The van der Waals surface area contributed by atoms with Crippen LogP contribution in [0.3, 0.4) is 0 Å². The first-order valence-corrected chi connectivity index (χ1v) is 9.84. The molecule has 0 radical (unpaired) electrons. The molecular weight excluding hydrogens is 348 g/mol. The second-order valence-corrected chi connectivity index (χ2v) is 8.50. The number of hydrogen-bond donors (Lipinski definition) is 1. The third-order valence-corrected chi connectivity index (χ3v) is 6.53. The number of ether oxygens (including phenoxy) is 1. The van der Waals surface area contributed by atoms with Crippen molar-refractivity contribution < 1.29 is 17.9 Å². The molecule has 0 aliphatic carbocycles. The molecule has 0 saturated carbocycles. The van der Waals surface area contributed by atoms with Crippen molar-refractivity contribution >= 4 is 33.0 Å². The summed E-state index contributed by atoms with van der Waals surface area (Å²) in [6.45, 7) is 2.34. The van der Waals surface area contributed by atoms with Crippen LogP contribution in [0.4, 0.5) is 5.69 Å². The molecule has 6 nitrogen and oxygen atoms in total.